The average molecular weight is 368 g/mol. The van der Waals surface area contributed by atoms with Crippen molar-refractivity contribution in [3.8, 4) is 11.5 Å². The molecule has 0 aromatic heterocycles. The molecule has 0 radical (unpaired) electrons. The first kappa shape index (κ1) is 18.4. The third-order valence-electron chi connectivity index (χ3n) is 4.64. The molecule has 1 heterocycles. The molecule has 1 atom stereocenters. The van der Waals surface area contributed by atoms with Crippen LogP contribution < -0.4 is 14.8 Å². The molecular formula is C20H20N2O5. The van der Waals surface area contributed by atoms with Gasteiger partial charge in [-0.3, -0.25) is 14.5 Å². The molecule has 0 saturated carbocycles. The van der Waals surface area contributed by atoms with E-state index in [1.54, 1.807) is 49.4 Å². The summed E-state index contributed by atoms with van der Waals surface area (Å²) in [5.41, 5.74) is -0.282. The number of hydrogen-bond donors (Lipinski definition) is 1. The van der Waals surface area contributed by atoms with Gasteiger partial charge >= 0.3 is 6.03 Å². The number of methoxy groups -OCH3 is 2. The van der Waals surface area contributed by atoms with E-state index in [-0.39, 0.29) is 12.1 Å². The summed E-state index contributed by atoms with van der Waals surface area (Å²) >= 11 is 0. The van der Waals surface area contributed by atoms with E-state index in [1.165, 1.54) is 14.2 Å². The Balaban J connectivity index is 1.85. The summed E-state index contributed by atoms with van der Waals surface area (Å²) in [6.07, 6.45) is 0. The molecule has 1 aliphatic rings. The molecule has 1 saturated heterocycles. The predicted octanol–water partition coefficient (Wildman–Crippen LogP) is 2.35. The lowest BCUT2D eigenvalue weighted by molar-refractivity contribution is -0.130. The van der Waals surface area contributed by atoms with Crippen molar-refractivity contribution in [2.45, 2.75) is 12.5 Å². The lowest BCUT2D eigenvalue weighted by Gasteiger charge is -2.22. The van der Waals surface area contributed by atoms with E-state index in [9.17, 15) is 14.4 Å². The van der Waals surface area contributed by atoms with Gasteiger partial charge in [0, 0.05) is 6.07 Å². The predicted molar refractivity (Wildman–Crippen MR) is 97.9 cm³/mol. The molecular weight excluding hydrogens is 348 g/mol. The van der Waals surface area contributed by atoms with Crippen LogP contribution in [0.4, 0.5) is 4.79 Å². The van der Waals surface area contributed by atoms with Crippen LogP contribution in [0, 0.1) is 0 Å². The maximum absolute atomic E-state index is 12.9. The Morgan fingerprint density at radius 1 is 1.07 bits per heavy atom. The minimum Gasteiger partial charge on any atom is -0.497 e. The summed E-state index contributed by atoms with van der Waals surface area (Å²) in [4.78, 5) is 38.9. The van der Waals surface area contributed by atoms with E-state index in [1.807, 2.05) is 6.07 Å². The van der Waals surface area contributed by atoms with Crippen LogP contribution in [-0.4, -0.2) is 43.4 Å². The number of benzene rings is 2. The van der Waals surface area contributed by atoms with Crippen molar-refractivity contribution in [2.75, 3.05) is 20.8 Å². The first-order valence-electron chi connectivity index (χ1n) is 8.35. The number of carbonyl (C=O) groups excluding carboxylic acids is 3. The van der Waals surface area contributed by atoms with Gasteiger partial charge in [-0.1, -0.05) is 30.3 Å². The van der Waals surface area contributed by atoms with Crippen molar-refractivity contribution in [3.63, 3.8) is 0 Å². The Labute approximate surface area is 156 Å². The van der Waals surface area contributed by atoms with E-state index in [0.717, 1.165) is 4.90 Å². The summed E-state index contributed by atoms with van der Waals surface area (Å²) in [6, 6.07) is 13.1. The highest BCUT2D eigenvalue weighted by molar-refractivity contribution is 6.11. The quantitative estimate of drug-likeness (QED) is 0.625. The molecule has 2 aromatic rings. The van der Waals surface area contributed by atoms with Crippen molar-refractivity contribution in [3.05, 3.63) is 59.7 Å². The first-order valence-corrected chi connectivity index (χ1v) is 8.35. The van der Waals surface area contributed by atoms with Crippen LogP contribution in [0.2, 0.25) is 0 Å². The molecule has 1 N–H and O–H groups in total. The van der Waals surface area contributed by atoms with Crippen LogP contribution in [0.25, 0.3) is 0 Å². The zero-order valence-electron chi connectivity index (χ0n) is 15.3. The Bertz CT molecular complexity index is 897. The first-order chi connectivity index (χ1) is 12.9. The average Bonchev–Trinajstić information content (AvgIpc) is 2.92. The highest BCUT2D eigenvalue weighted by atomic mass is 16.5. The highest BCUT2D eigenvalue weighted by Crippen LogP contribution is 2.30. The Hall–Kier alpha value is -3.35. The molecule has 1 fully saturated rings. The third-order valence-corrected chi connectivity index (χ3v) is 4.64. The number of nitrogens with one attached hydrogen (secondary N) is 1. The number of ketones is 1. The summed E-state index contributed by atoms with van der Waals surface area (Å²) < 4.78 is 10.3. The number of hydrogen-bond acceptors (Lipinski definition) is 5. The number of rotatable bonds is 6. The van der Waals surface area contributed by atoms with Crippen molar-refractivity contribution < 1.29 is 23.9 Å². The van der Waals surface area contributed by atoms with Gasteiger partial charge in [-0.2, -0.15) is 0 Å². The SMILES string of the molecule is COc1ccc(C(=O)CN2C(=O)NC(C)(c3ccccc3)C2=O)c(OC)c1. The molecule has 1 aliphatic heterocycles. The Morgan fingerprint density at radius 2 is 1.78 bits per heavy atom. The third kappa shape index (κ3) is 3.23. The number of Topliss-reactive ketones (excluding diaryl/α,β-unsaturated/α-hetero) is 1. The summed E-state index contributed by atoms with van der Waals surface area (Å²) in [7, 11) is 2.94. The lowest BCUT2D eigenvalue weighted by atomic mass is 9.92. The molecule has 27 heavy (non-hydrogen) atoms. The fourth-order valence-electron chi connectivity index (χ4n) is 3.07. The van der Waals surface area contributed by atoms with Crippen molar-refractivity contribution in [1.82, 2.24) is 10.2 Å². The zero-order valence-corrected chi connectivity index (χ0v) is 15.3. The van der Waals surface area contributed by atoms with Gasteiger partial charge in [0.25, 0.3) is 5.91 Å². The Kier molecular flexibility index (Phi) is 4.85. The fourth-order valence-corrected chi connectivity index (χ4v) is 3.07. The molecule has 0 bridgehead atoms. The smallest absolute Gasteiger partial charge is 0.325 e. The topological polar surface area (TPSA) is 84.9 Å². The highest BCUT2D eigenvalue weighted by Gasteiger charge is 2.49. The fraction of sp³-hybridized carbons (Fsp3) is 0.250. The summed E-state index contributed by atoms with van der Waals surface area (Å²) in [5, 5.41) is 2.68. The van der Waals surface area contributed by atoms with Gasteiger partial charge in [-0.25, -0.2) is 4.79 Å². The van der Waals surface area contributed by atoms with Gasteiger partial charge in [0.1, 0.15) is 17.0 Å². The molecule has 3 amide bonds. The van der Waals surface area contributed by atoms with E-state index in [2.05, 4.69) is 5.32 Å². The molecule has 140 valence electrons. The second-order valence-corrected chi connectivity index (χ2v) is 6.30. The van der Waals surface area contributed by atoms with Crippen LogP contribution in [0.15, 0.2) is 48.5 Å². The second kappa shape index (κ2) is 7.11. The van der Waals surface area contributed by atoms with Gasteiger partial charge in [0.2, 0.25) is 0 Å². The van der Waals surface area contributed by atoms with Crippen LogP contribution in [0.5, 0.6) is 11.5 Å². The normalized spacial score (nSPS) is 19.0. The van der Waals surface area contributed by atoms with Crippen molar-refractivity contribution in [2.24, 2.45) is 0 Å². The minimum atomic E-state index is -1.21. The van der Waals surface area contributed by atoms with Crippen LogP contribution >= 0.6 is 0 Å². The van der Waals surface area contributed by atoms with E-state index < -0.39 is 23.3 Å². The Morgan fingerprint density at radius 3 is 2.41 bits per heavy atom. The lowest BCUT2D eigenvalue weighted by Crippen LogP contribution is -2.41. The van der Waals surface area contributed by atoms with Gasteiger partial charge < -0.3 is 14.8 Å². The van der Waals surface area contributed by atoms with Gasteiger partial charge in [0.15, 0.2) is 5.78 Å². The van der Waals surface area contributed by atoms with Gasteiger partial charge in [0.05, 0.1) is 26.3 Å². The van der Waals surface area contributed by atoms with E-state index >= 15 is 0 Å². The van der Waals surface area contributed by atoms with E-state index in [4.69, 9.17) is 9.47 Å². The van der Waals surface area contributed by atoms with Gasteiger partial charge in [-0.15, -0.1) is 0 Å². The number of urea groups is 1. The molecule has 1 unspecified atom stereocenters. The monoisotopic (exact) mass is 368 g/mol. The standard InChI is InChI=1S/C20H20N2O5/c1-20(13-7-5-4-6-8-13)18(24)22(19(25)21-20)12-16(23)15-10-9-14(26-2)11-17(15)27-3/h4-11H,12H2,1-3H3,(H,21,25). The number of carbonyl (C=O) groups is 3. The molecule has 0 aliphatic carbocycles. The van der Waals surface area contributed by atoms with Crippen LogP contribution in [0.1, 0.15) is 22.8 Å². The van der Waals surface area contributed by atoms with Crippen LogP contribution in [-0.2, 0) is 10.3 Å². The maximum Gasteiger partial charge on any atom is 0.325 e. The summed E-state index contributed by atoms with van der Waals surface area (Å²) in [6.45, 7) is 1.25. The number of amides is 3. The number of ether oxygens (including phenoxy) is 2. The number of imide groups is 1. The van der Waals surface area contributed by atoms with Crippen LogP contribution in [0.3, 0.4) is 0 Å². The minimum absolute atomic E-state index is 0.271. The summed E-state index contributed by atoms with van der Waals surface area (Å²) in [5.74, 6) is -0.0258. The van der Waals surface area contributed by atoms with Crippen molar-refractivity contribution in [1.29, 1.82) is 0 Å². The van der Waals surface area contributed by atoms with Crippen molar-refractivity contribution >= 4 is 17.7 Å². The molecule has 0 spiro atoms. The maximum atomic E-state index is 12.9. The van der Waals surface area contributed by atoms with E-state index in [0.29, 0.717) is 17.1 Å². The van der Waals surface area contributed by atoms with Gasteiger partial charge in [-0.05, 0) is 24.6 Å². The molecule has 7 nitrogen and oxygen atoms in total. The molecule has 3 rings (SSSR count). The molecule has 2 aromatic carbocycles. The number of nitrogens with zero attached hydrogens (tertiary/aromatic N) is 1. The second-order valence-electron chi connectivity index (χ2n) is 6.30. The zero-order chi connectivity index (χ0) is 19.6. The molecule has 7 heteroatoms. The largest absolute Gasteiger partial charge is 0.497 e.